The average molecular weight is 338 g/mol. The third kappa shape index (κ3) is 3.55. The Hall–Kier alpha value is -1.63. The van der Waals surface area contributed by atoms with E-state index in [-0.39, 0.29) is 35.7 Å². The molecule has 1 atom stereocenters. The minimum absolute atomic E-state index is 0.0567. The van der Waals surface area contributed by atoms with Crippen molar-refractivity contribution in [3.05, 3.63) is 0 Å². The Balaban J connectivity index is 1.53. The van der Waals surface area contributed by atoms with Crippen molar-refractivity contribution >= 4 is 17.8 Å². The van der Waals surface area contributed by atoms with Gasteiger partial charge in [0.1, 0.15) is 0 Å². The molecule has 3 aliphatic rings. The predicted octanol–water partition coefficient (Wildman–Crippen LogP) is 0.426. The Labute approximate surface area is 142 Å². The summed E-state index contributed by atoms with van der Waals surface area (Å²) in [5.41, 5.74) is 0. The van der Waals surface area contributed by atoms with Crippen LogP contribution >= 0.6 is 0 Å². The molecule has 3 fully saturated rings. The van der Waals surface area contributed by atoms with Gasteiger partial charge in [-0.05, 0) is 25.7 Å². The molecular weight excluding hydrogens is 312 g/mol. The van der Waals surface area contributed by atoms with Crippen LogP contribution in [0, 0.1) is 11.8 Å². The van der Waals surface area contributed by atoms with Gasteiger partial charge in [0, 0.05) is 45.3 Å². The Bertz CT molecular complexity index is 495. The number of esters is 1. The molecule has 0 spiro atoms. The standard InChI is InChI=1S/C17H26N2O5/c1-23-17(22)12-2-6-18(7-3-12)16(21)13-10-15(20)19(11-13)14-4-8-24-9-5-14/h12-14H,2-11H2,1H3. The second-order valence-electron chi connectivity index (χ2n) is 6.91. The Morgan fingerprint density at radius 3 is 2.38 bits per heavy atom. The highest BCUT2D eigenvalue weighted by Gasteiger charge is 2.40. The number of carbonyl (C=O) groups is 3. The third-order valence-electron chi connectivity index (χ3n) is 5.48. The summed E-state index contributed by atoms with van der Waals surface area (Å²) in [6, 6.07) is 0.217. The Morgan fingerprint density at radius 1 is 1.08 bits per heavy atom. The van der Waals surface area contributed by atoms with Crippen molar-refractivity contribution in [3.8, 4) is 0 Å². The second-order valence-corrected chi connectivity index (χ2v) is 6.91. The summed E-state index contributed by atoms with van der Waals surface area (Å²) in [4.78, 5) is 40.3. The minimum Gasteiger partial charge on any atom is -0.469 e. The van der Waals surface area contributed by atoms with Crippen LogP contribution in [0.5, 0.6) is 0 Å². The lowest BCUT2D eigenvalue weighted by molar-refractivity contribution is -0.149. The molecule has 24 heavy (non-hydrogen) atoms. The fourth-order valence-corrected chi connectivity index (χ4v) is 4.01. The zero-order chi connectivity index (χ0) is 17.1. The van der Waals surface area contributed by atoms with Gasteiger partial charge in [0.05, 0.1) is 18.9 Å². The number of rotatable bonds is 3. The highest BCUT2D eigenvalue weighted by Crippen LogP contribution is 2.28. The summed E-state index contributed by atoms with van der Waals surface area (Å²) in [6.07, 6.45) is 3.31. The Morgan fingerprint density at radius 2 is 1.75 bits per heavy atom. The van der Waals surface area contributed by atoms with Gasteiger partial charge in [-0.1, -0.05) is 0 Å². The number of hydrogen-bond donors (Lipinski definition) is 0. The average Bonchev–Trinajstić information content (AvgIpc) is 3.03. The zero-order valence-corrected chi connectivity index (χ0v) is 14.2. The molecule has 0 radical (unpaired) electrons. The molecule has 0 aromatic carbocycles. The first-order valence-electron chi connectivity index (χ1n) is 8.84. The van der Waals surface area contributed by atoms with Gasteiger partial charge in [-0.2, -0.15) is 0 Å². The number of ether oxygens (including phenoxy) is 2. The van der Waals surface area contributed by atoms with Crippen LogP contribution in [0.2, 0.25) is 0 Å². The molecule has 7 nitrogen and oxygen atoms in total. The van der Waals surface area contributed by atoms with E-state index in [0.717, 1.165) is 12.8 Å². The van der Waals surface area contributed by atoms with E-state index >= 15 is 0 Å². The highest BCUT2D eigenvalue weighted by atomic mass is 16.5. The number of likely N-dealkylation sites (tertiary alicyclic amines) is 2. The molecule has 1 unspecified atom stereocenters. The molecule has 0 aliphatic carbocycles. The van der Waals surface area contributed by atoms with Crippen molar-refractivity contribution in [2.45, 2.75) is 38.1 Å². The fourth-order valence-electron chi connectivity index (χ4n) is 4.01. The maximum Gasteiger partial charge on any atom is 0.308 e. The predicted molar refractivity (Wildman–Crippen MR) is 85.0 cm³/mol. The number of carbonyl (C=O) groups excluding carboxylic acids is 3. The molecule has 3 heterocycles. The van der Waals surface area contributed by atoms with Gasteiger partial charge in [0.2, 0.25) is 11.8 Å². The first kappa shape index (κ1) is 17.2. The SMILES string of the molecule is COC(=O)C1CCN(C(=O)C2CC(=O)N(C3CCOCC3)C2)CC1. The van der Waals surface area contributed by atoms with E-state index in [1.54, 1.807) is 0 Å². The lowest BCUT2D eigenvalue weighted by Crippen LogP contribution is -2.45. The summed E-state index contributed by atoms with van der Waals surface area (Å²) in [5, 5.41) is 0. The van der Waals surface area contributed by atoms with Crippen molar-refractivity contribution in [1.82, 2.24) is 9.80 Å². The molecule has 0 bridgehead atoms. The second kappa shape index (κ2) is 7.51. The minimum atomic E-state index is -0.241. The van der Waals surface area contributed by atoms with Gasteiger partial charge >= 0.3 is 5.97 Å². The maximum absolute atomic E-state index is 12.7. The molecule has 2 amide bonds. The van der Waals surface area contributed by atoms with E-state index in [0.29, 0.717) is 52.1 Å². The van der Waals surface area contributed by atoms with Crippen LogP contribution in [0.4, 0.5) is 0 Å². The molecular formula is C17H26N2O5. The fraction of sp³-hybridized carbons (Fsp3) is 0.824. The Kier molecular flexibility index (Phi) is 5.38. The van der Waals surface area contributed by atoms with Gasteiger partial charge < -0.3 is 19.3 Å². The lowest BCUT2D eigenvalue weighted by atomic mass is 9.95. The number of piperidine rings is 1. The summed E-state index contributed by atoms with van der Waals surface area (Å²) in [6.45, 7) is 3.04. The van der Waals surface area contributed by atoms with E-state index in [1.165, 1.54) is 7.11 Å². The van der Waals surface area contributed by atoms with E-state index in [4.69, 9.17) is 9.47 Å². The molecule has 0 saturated carbocycles. The number of nitrogens with zero attached hydrogens (tertiary/aromatic N) is 2. The molecule has 134 valence electrons. The van der Waals surface area contributed by atoms with Gasteiger partial charge in [0.15, 0.2) is 0 Å². The van der Waals surface area contributed by atoms with E-state index in [1.807, 2.05) is 9.80 Å². The van der Waals surface area contributed by atoms with Crippen molar-refractivity contribution in [2.24, 2.45) is 11.8 Å². The normalized spacial score (nSPS) is 26.7. The number of amides is 2. The molecule has 0 aromatic rings. The number of hydrogen-bond acceptors (Lipinski definition) is 5. The summed E-state index contributed by atoms with van der Waals surface area (Å²) < 4.78 is 10.1. The van der Waals surface area contributed by atoms with Gasteiger partial charge in [0.25, 0.3) is 0 Å². The summed E-state index contributed by atoms with van der Waals surface area (Å²) in [5.74, 6) is -0.396. The molecule has 0 aromatic heterocycles. The highest BCUT2D eigenvalue weighted by molar-refractivity contribution is 5.89. The zero-order valence-electron chi connectivity index (χ0n) is 14.2. The van der Waals surface area contributed by atoms with E-state index < -0.39 is 0 Å². The molecule has 0 N–H and O–H groups in total. The van der Waals surface area contributed by atoms with Crippen LogP contribution < -0.4 is 0 Å². The molecule has 3 aliphatic heterocycles. The maximum atomic E-state index is 12.7. The quantitative estimate of drug-likeness (QED) is 0.698. The van der Waals surface area contributed by atoms with Crippen LogP contribution in [-0.2, 0) is 23.9 Å². The third-order valence-corrected chi connectivity index (χ3v) is 5.48. The van der Waals surface area contributed by atoms with Crippen LogP contribution in [0.25, 0.3) is 0 Å². The topological polar surface area (TPSA) is 76.2 Å². The first-order valence-corrected chi connectivity index (χ1v) is 8.84. The first-order chi connectivity index (χ1) is 11.6. The van der Waals surface area contributed by atoms with Crippen molar-refractivity contribution in [2.75, 3.05) is 40.0 Å². The van der Waals surface area contributed by atoms with Gasteiger partial charge in [-0.15, -0.1) is 0 Å². The van der Waals surface area contributed by atoms with Crippen LogP contribution in [-0.4, -0.2) is 73.6 Å². The van der Waals surface area contributed by atoms with Gasteiger partial charge in [-0.25, -0.2) is 0 Å². The van der Waals surface area contributed by atoms with E-state index in [2.05, 4.69) is 0 Å². The van der Waals surface area contributed by atoms with Crippen molar-refractivity contribution in [3.63, 3.8) is 0 Å². The molecule has 3 saturated heterocycles. The monoisotopic (exact) mass is 338 g/mol. The molecule has 3 rings (SSSR count). The van der Waals surface area contributed by atoms with Crippen molar-refractivity contribution < 1.29 is 23.9 Å². The lowest BCUT2D eigenvalue weighted by Gasteiger charge is -2.33. The number of methoxy groups -OCH3 is 1. The summed E-state index contributed by atoms with van der Waals surface area (Å²) in [7, 11) is 1.40. The van der Waals surface area contributed by atoms with Crippen LogP contribution in [0.3, 0.4) is 0 Å². The van der Waals surface area contributed by atoms with Crippen LogP contribution in [0.1, 0.15) is 32.1 Å². The largest absolute Gasteiger partial charge is 0.469 e. The molecule has 7 heteroatoms. The van der Waals surface area contributed by atoms with Crippen LogP contribution in [0.15, 0.2) is 0 Å². The smallest absolute Gasteiger partial charge is 0.308 e. The van der Waals surface area contributed by atoms with E-state index in [9.17, 15) is 14.4 Å². The van der Waals surface area contributed by atoms with Crippen molar-refractivity contribution in [1.29, 1.82) is 0 Å². The van der Waals surface area contributed by atoms with Gasteiger partial charge in [-0.3, -0.25) is 14.4 Å². The summed E-state index contributed by atoms with van der Waals surface area (Å²) >= 11 is 0.